The van der Waals surface area contributed by atoms with Crippen molar-refractivity contribution in [3.05, 3.63) is 23.3 Å². The van der Waals surface area contributed by atoms with Gasteiger partial charge in [-0.15, -0.1) is 0 Å². The minimum absolute atomic E-state index is 0.138. The molecule has 114 valence electrons. The Labute approximate surface area is 121 Å². The second-order valence-corrected chi connectivity index (χ2v) is 6.54. The van der Waals surface area contributed by atoms with Crippen molar-refractivity contribution in [2.45, 2.75) is 59.0 Å². The second-order valence-electron chi connectivity index (χ2n) is 6.54. The van der Waals surface area contributed by atoms with Crippen LogP contribution in [0.3, 0.4) is 0 Å². The first-order valence-electron chi connectivity index (χ1n) is 7.77. The first-order chi connectivity index (χ1) is 9.49. The SMILES string of the molecule is C/C(=C\C=C(\C1CCC(C)CO1)C1CCC1C)C(F)F. The monoisotopic (exact) mass is 284 g/mol. The minimum atomic E-state index is -2.36. The Morgan fingerprint density at radius 2 is 1.85 bits per heavy atom. The predicted octanol–water partition coefficient (Wildman–Crippen LogP) is 4.99. The molecule has 0 amide bonds. The highest BCUT2D eigenvalue weighted by molar-refractivity contribution is 5.25. The summed E-state index contributed by atoms with van der Waals surface area (Å²) in [5.41, 5.74) is 1.38. The molecule has 0 radical (unpaired) electrons. The summed E-state index contributed by atoms with van der Waals surface area (Å²) < 4.78 is 31.2. The van der Waals surface area contributed by atoms with Crippen LogP contribution in [-0.4, -0.2) is 19.1 Å². The van der Waals surface area contributed by atoms with Crippen LogP contribution in [0.2, 0.25) is 0 Å². The summed E-state index contributed by atoms with van der Waals surface area (Å²) in [5.74, 6) is 1.80. The van der Waals surface area contributed by atoms with E-state index in [1.807, 2.05) is 6.08 Å². The molecule has 1 nitrogen and oxygen atoms in total. The van der Waals surface area contributed by atoms with Gasteiger partial charge in [-0.1, -0.05) is 26.0 Å². The highest BCUT2D eigenvalue weighted by atomic mass is 19.3. The quantitative estimate of drug-likeness (QED) is 0.661. The van der Waals surface area contributed by atoms with E-state index in [0.29, 0.717) is 17.8 Å². The summed E-state index contributed by atoms with van der Waals surface area (Å²) in [6.07, 6.45) is 5.89. The summed E-state index contributed by atoms with van der Waals surface area (Å²) in [7, 11) is 0. The van der Waals surface area contributed by atoms with Crippen LogP contribution in [0.5, 0.6) is 0 Å². The first kappa shape index (κ1) is 15.7. The van der Waals surface area contributed by atoms with Gasteiger partial charge in [-0.3, -0.25) is 0 Å². The summed E-state index contributed by atoms with van der Waals surface area (Å²) in [4.78, 5) is 0. The third-order valence-corrected chi connectivity index (χ3v) is 4.81. The molecule has 0 aromatic heterocycles. The van der Waals surface area contributed by atoms with E-state index in [4.69, 9.17) is 4.74 Å². The third-order valence-electron chi connectivity index (χ3n) is 4.81. The molecule has 1 saturated carbocycles. The highest BCUT2D eigenvalue weighted by Gasteiger charge is 2.35. The fraction of sp³-hybridized carbons (Fsp3) is 0.765. The van der Waals surface area contributed by atoms with Crippen molar-refractivity contribution >= 4 is 0 Å². The Hall–Kier alpha value is -0.700. The van der Waals surface area contributed by atoms with Crippen LogP contribution in [0.4, 0.5) is 8.78 Å². The summed E-state index contributed by atoms with van der Waals surface area (Å²) >= 11 is 0. The molecule has 0 bridgehead atoms. The van der Waals surface area contributed by atoms with Crippen molar-refractivity contribution in [3.8, 4) is 0 Å². The molecule has 4 atom stereocenters. The molecule has 2 rings (SSSR count). The van der Waals surface area contributed by atoms with E-state index in [9.17, 15) is 8.78 Å². The molecule has 20 heavy (non-hydrogen) atoms. The standard InChI is InChI=1S/C17H26F2O/c1-11-4-9-16(20-10-11)15(14-7-5-12(14)2)8-6-13(3)17(18)19/h6,8,11-12,14,16-17H,4-5,7,9-10H2,1-3H3/b13-6+,15-8+. The van der Waals surface area contributed by atoms with Gasteiger partial charge in [-0.05, 0) is 61.5 Å². The zero-order valence-electron chi connectivity index (χ0n) is 12.7. The van der Waals surface area contributed by atoms with Crippen molar-refractivity contribution < 1.29 is 13.5 Å². The van der Waals surface area contributed by atoms with Gasteiger partial charge >= 0.3 is 0 Å². The summed E-state index contributed by atoms with van der Waals surface area (Å²) in [5, 5.41) is 0. The zero-order chi connectivity index (χ0) is 14.7. The van der Waals surface area contributed by atoms with Crippen LogP contribution >= 0.6 is 0 Å². The smallest absolute Gasteiger partial charge is 0.259 e. The van der Waals surface area contributed by atoms with E-state index in [0.717, 1.165) is 13.0 Å². The van der Waals surface area contributed by atoms with Crippen LogP contribution in [0.25, 0.3) is 0 Å². The number of hydrogen-bond donors (Lipinski definition) is 0. The van der Waals surface area contributed by atoms with Gasteiger partial charge in [-0.2, -0.15) is 0 Å². The topological polar surface area (TPSA) is 9.23 Å². The lowest BCUT2D eigenvalue weighted by Gasteiger charge is -2.40. The second kappa shape index (κ2) is 6.84. The van der Waals surface area contributed by atoms with E-state index in [2.05, 4.69) is 13.8 Å². The Morgan fingerprint density at radius 3 is 2.30 bits per heavy atom. The normalized spacial score (nSPS) is 36.1. The Morgan fingerprint density at radius 1 is 1.10 bits per heavy atom. The molecule has 0 aromatic carbocycles. The maximum absolute atomic E-state index is 12.6. The van der Waals surface area contributed by atoms with Crippen LogP contribution in [0, 0.1) is 17.8 Å². The summed E-state index contributed by atoms with van der Waals surface area (Å²) in [6, 6.07) is 0. The Balaban J connectivity index is 2.12. The van der Waals surface area contributed by atoms with Gasteiger partial charge in [0.1, 0.15) is 0 Å². The minimum Gasteiger partial charge on any atom is -0.374 e. The molecule has 0 spiro atoms. The van der Waals surface area contributed by atoms with Crippen LogP contribution < -0.4 is 0 Å². The Kier molecular flexibility index (Phi) is 5.36. The molecule has 0 N–H and O–H groups in total. The van der Waals surface area contributed by atoms with E-state index < -0.39 is 6.43 Å². The molecule has 1 aliphatic carbocycles. The van der Waals surface area contributed by atoms with Gasteiger partial charge in [0.25, 0.3) is 6.43 Å². The van der Waals surface area contributed by atoms with Gasteiger partial charge in [0.2, 0.25) is 0 Å². The van der Waals surface area contributed by atoms with Crippen molar-refractivity contribution in [1.29, 1.82) is 0 Å². The van der Waals surface area contributed by atoms with E-state index in [-0.39, 0.29) is 11.7 Å². The van der Waals surface area contributed by atoms with Crippen molar-refractivity contribution in [2.24, 2.45) is 17.8 Å². The highest BCUT2D eigenvalue weighted by Crippen LogP contribution is 2.42. The van der Waals surface area contributed by atoms with E-state index in [1.165, 1.54) is 31.8 Å². The largest absolute Gasteiger partial charge is 0.374 e. The fourth-order valence-electron chi connectivity index (χ4n) is 3.08. The average molecular weight is 284 g/mol. The van der Waals surface area contributed by atoms with Gasteiger partial charge in [0.05, 0.1) is 6.10 Å². The Bertz CT molecular complexity index is 378. The van der Waals surface area contributed by atoms with Crippen molar-refractivity contribution in [3.63, 3.8) is 0 Å². The molecule has 2 aliphatic rings. The van der Waals surface area contributed by atoms with E-state index in [1.54, 1.807) is 6.08 Å². The molecular formula is C17H26F2O. The lowest BCUT2D eigenvalue weighted by Crippen LogP contribution is -2.34. The van der Waals surface area contributed by atoms with Gasteiger partial charge in [0, 0.05) is 6.61 Å². The number of halogens is 2. The predicted molar refractivity (Wildman–Crippen MR) is 77.9 cm³/mol. The molecule has 3 heteroatoms. The molecule has 0 aromatic rings. The molecule has 4 unspecified atom stereocenters. The molecule has 1 heterocycles. The zero-order valence-corrected chi connectivity index (χ0v) is 12.7. The maximum Gasteiger partial charge on any atom is 0.259 e. The lowest BCUT2D eigenvalue weighted by molar-refractivity contribution is -0.00224. The number of alkyl halides is 2. The van der Waals surface area contributed by atoms with Crippen molar-refractivity contribution in [1.82, 2.24) is 0 Å². The average Bonchev–Trinajstić information content (AvgIpc) is 2.42. The van der Waals surface area contributed by atoms with Crippen LogP contribution in [0.15, 0.2) is 23.3 Å². The number of rotatable bonds is 4. The van der Waals surface area contributed by atoms with Crippen LogP contribution in [0.1, 0.15) is 46.5 Å². The fourth-order valence-corrected chi connectivity index (χ4v) is 3.08. The van der Waals surface area contributed by atoms with Gasteiger partial charge in [0.15, 0.2) is 0 Å². The number of hydrogen-bond acceptors (Lipinski definition) is 1. The van der Waals surface area contributed by atoms with Crippen LogP contribution in [-0.2, 0) is 4.74 Å². The molecule has 1 aliphatic heterocycles. The molecule has 2 fully saturated rings. The molecule has 1 saturated heterocycles. The third kappa shape index (κ3) is 3.69. The first-order valence-corrected chi connectivity index (χ1v) is 7.77. The van der Waals surface area contributed by atoms with Crippen molar-refractivity contribution in [2.75, 3.05) is 6.61 Å². The number of ether oxygens (including phenoxy) is 1. The van der Waals surface area contributed by atoms with Gasteiger partial charge in [-0.25, -0.2) is 8.78 Å². The lowest BCUT2D eigenvalue weighted by atomic mass is 9.68. The van der Waals surface area contributed by atoms with Gasteiger partial charge < -0.3 is 4.74 Å². The van der Waals surface area contributed by atoms with E-state index >= 15 is 0 Å². The molecular weight excluding hydrogens is 258 g/mol. The maximum atomic E-state index is 12.6. The summed E-state index contributed by atoms with van der Waals surface area (Å²) in [6.45, 7) is 6.73. The number of allylic oxidation sites excluding steroid dienone is 3.